The fraction of sp³-hybridized carbons (Fsp3) is 0.600. The van der Waals surface area contributed by atoms with Crippen molar-refractivity contribution in [3.05, 3.63) is 18.1 Å². The molecule has 1 rings (SSSR count). The first-order chi connectivity index (χ1) is 6.46. The fourth-order valence-corrected chi connectivity index (χ4v) is 1.10. The molecule has 0 radical (unpaired) electrons. The summed E-state index contributed by atoms with van der Waals surface area (Å²) in [6, 6.07) is 0. The maximum absolute atomic E-state index is 5.60. The van der Waals surface area contributed by atoms with E-state index in [2.05, 4.69) is 35.6 Å². The predicted molar refractivity (Wildman–Crippen MR) is 58.1 cm³/mol. The van der Waals surface area contributed by atoms with Gasteiger partial charge >= 0.3 is 0 Å². The summed E-state index contributed by atoms with van der Waals surface area (Å²) in [6.07, 6.45) is 3.36. The predicted octanol–water partition coefficient (Wildman–Crippen LogP) is 1.17. The number of nitrogens with two attached hydrogens (primary N) is 1. The van der Waals surface area contributed by atoms with Crippen molar-refractivity contribution in [3.8, 4) is 0 Å². The van der Waals surface area contributed by atoms with E-state index >= 15 is 0 Å². The molecule has 0 atom stereocenters. The molecular formula is C10H18N4. The third-order valence-corrected chi connectivity index (χ3v) is 2.27. The highest BCUT2D eigenvalue weighted by Gasteiger charge is 2.20. The van der Waals surface area contributed by atoms with Gasteiger partial charge in [-0.1, -0.05) is 0 Å². The van der Waals surface area contributed by atoms with E-state index in [1.54, 1.807) is 12.4 Å². The van der Waals surface area contributed by atoms with Crippen molar-refractivity contribution in [2.75, 3.05) is 11.9 Å². The van der Waals surface area contributed by atoms with Gasteiger partial charge in [0.2, 0.25) is 0 Å². The van der Waals surface area contributed by atoms with Crippen molar-refractivity contribution in [2.24, 2.45) is 5.73 Å². The molecule has 0 saturated heterocycles. The molecule has 0 aliphatic heterocycles. The molecule has 0 unspecified atom stereocenters. The first-order valence-electron chi connectivity index (χ1n) is 4.70. The Balaban J connectivity index is 3.06. The second-order valence-corrected chi connectivity index (χ2v) is 4.26. The number of hydrogen-bond acceptors (Lipinski definition) is 4. The summed E-state index contributed by atoms with van der Waals surface area (Å²) in [7, 11) is 2.00. The molecular weight excluding hydrogens is 176 g/mol. The van der Waals surface area contributed by atoms with E-state index in [4.69, 9.17) is 5.73 Å². The number of nitrogens with zero attached hydrogens (tertiary/aromatic N) is 3. The average molecular weight is 194 g/mol. The Kier molecular flexibility index (Phi) is 3.06. The summed E-state index contributed by atoms with van der Waals surface area (Å²) < 4.78 is 0. The van der Waals surface area contributed by atoms with Gasteiger partial charge in [-0.15, -0.1) is 0 Å². The van der Waals surface area contributed by atoms with Crippen molar-refractivity contribution < 1.29 is 0 Å². The highest BCUT2D eigenvalue weighted by Crippen LogP contribution is 2.21. The molecule has 0 saturated carbocycles. The first-order valence-corrected chi connectivity index (χ1v) is 4.70. The van der Waals surface area contributed by atoms with E-state index in [1.807, 2.05) is 7.05 Å². The molecule has 0 aromatic carbocycles. The van der Waals surface area contributed by atoms with Gasteiger partial charge in [0, 0.05) is 31.5 Å². The van der Waals surface area contributed by atoms with Gasteiger partial charge in [-0.3, -0.25) is 4.98 Å². The van der Waals surface area contributed by atoms with Crippen molar-refractivity contribution in [3.63, 3.8) is 0 Å². The molecule has 0 amide bonds. The van der Waals surface area contributed by atoms with Crippen molar-refractivity contribution >= 4 is 5.82 Å². The minimum Gasteiger partial charge on any atom is -0.353 e. The van der Waals surface area contributed by atoms with E-state index < -0.39 is 0 Å². The molecule has 0 aliphatic carbocycles. The van der Waals surface area contributed by atoms with Crippen LogP contribution in [-0.4, -0.2) is 22.6 Å². The zero-order valence-electron chi connectivity index (χ0n) is 9.28. The van der Waals surface area contributed by atoms with E-state index in [1.165, 1.54) is 0 Å². The summed E-state index contributed by atoms with van der Waals surface area (Å²) >= 11 is 0. The Labute approximate surface area is 85.2 Å². The molecule has 0 bridgehead atoms. The van der Waals surface area contributed by atoms with Gasteiger partial charge in [-0.2, -0.15) is 0 Å². The molecule has 14 heavy (non-hydrogen) atoms. The Hall–Kier alpha value is -1.16. The van der Waals surface area contributed by atoms with Crippen LogP contribution in [0.4, 0.5) is 5.82 Å². The summed E-state index contributed by atoms with van der Waals surface area (Å²) in [5.41, 5.74) is 6.47. The van der Waals surface area contributed by atoms with Crippen LogP contribution in [0.25, 0.3) is 0 Å². The normalized spacial score (nSPS) is 11.5. The second-order valence-electron chi connectivity index (χ2n) is 4.26. The number of aromatic nitrogens is 2. The molecule has 78 valence electrons. The highest BCUT2D eigenvalue weighted by atomic mass is 15.2. The quantitative estimate of drug-likeness (QED) is 0.768. The lowest BCUT2D eigenvalue weighted by Crippen LogP contribution is -2.39. The maximum atomic E-state index is 5.60. The molecule has 1 aromatic rings. The maximum Gasteiger partial charge on any atom is 0.151 e. The standard InChI is InChI=1S/C10H18N4/c1-10(2,3)14(4)9-8(7-11)12-5-6-13-9/h5-6H,7,11H2,1-4H3. The smallest absolute Gasteiger partial charge is 0.151 e. The largest absolute Gasteiger partial charge is 0.353 e. The molecule has 2 N–H and O–H groups in total. The minimum atomic E-state index is 0.0277. The highest BCUT2D eigenvalue weighted by molar-refractivity contribution is 5.44. The van der Waals surface area contributed by atoms with E-state index in [-0.39, 0.29) is 5.54 Å². The number of hydrogen-bond donors (Lipinski definition) is 1. The monoisotopic (exact) mass is 194 g/mol. The summed E-state index contributed by atoms with van der Waals surface area (Å²) in [5, 5.41) is 0. The summed E-state index contributed by atoms with van der Waals surface area (Å²) in [5.74, 6) is 0.863. The van der Waals surface area contributed by atoms with Crippen LogP contribution in [0, 0.1) is 0 Å². The van der Waals surface area contributed by atoms with E-state index in [0.29, 0.717) is 6.54 Å². The van der Waals surface area contributed by atoms with E-state index in [9.17, 15) is 0 Å². The van der Waals surface area contributed by atoms with Crippen LogP contribution in [0.15, 0.2) is 12.4 Å². The second kappa shape index (κ2) is 3.92. The lowest BCUT2D eigenvalue weighted by Gasteiger charge is -2.33. The van der Waals surface area contributed by atoms with Crippen LogP contribution in [0.1, 0.15) is 26.5 Å². The van der Waals surface area contributed by atoms with Gasteiger partial charge in [0.25, 0.3) is 0 Å². The van der Waals surface area contributed by atoms with Crippen LogP contribution in [-0.2, 0) is 6.54 Å². The van der Waals surface area contributed by atoms with Gasteiger partial charge in [0.05, 0.1) is 5.69 Å². The van der Waals surface area contributed by atoms with Gasteiger partial charge in [-0.05, 0) is 20.8 Å². The topological polar surface area (TPSA) is 55.0 Å². The van der Waals surface area contributed by atoms with E-state index in [0.717, 1.165) is 11.5 Å². The van der Waals surface area contributed by atoms with Gasteiger partial charge in [0.15, 0.2) is 5.82 Å². The fourth-order valence-electron chi connectivity index (χ4n) is 1.10. The summed E-state index contributed by atoms with van der Waals surface area (Å²) in [4.78, 5) is 10.6. The Bertz CT molecular complexity index is 303. The first kappa shape index (κ1) is 10.9. The molecule has 4 nitrogen and oxygen atoms in total. The Morgan fingerprint density at radius 2 is 1.86 bits per heavy atom. The zero-order chi connectivity index (χ0) is 10.8. The molecule has 0 fully saturated rings. The van der Waals surface area contributed by atoms with Crippen LogP contribution in [0.5, 0.6) is 0 Å². The lowest BCUT2D eigenvalue weighted by atomic mass is 10.1. The van der Waals surface area contributed by atoms with Gasteiger partial charge < -0.3 is 10.6 Å². The minimum absolute atomic E-state index is 0.0277. The number of rotatable bonds is 2. The van der Waals surface area contributed by atoms with Gasteiger partial charge in [-0.25, -0.2) is 4.98 Å². The Morgan fingerprint density at radius 3 is 2.36 bits per heavy atom. The van der Waals surface area contributed by atoms with Crippen molar-refractivity contribution in [1.82, 2.24) is 9.97 Å². The van der Waals surface area contributed by atoms with Crippen molar-refractivity contribution in [1.29, 1.82) is 0 Å². The van der Waals surface area contributed by atoms with Gasteiger partial charge in [0.1, 0.15) is 0 Å². The van der Waals surface area contributed by atoms with Crippen molar-refractivity contribution in [2.45, 2.75) is 32.9 Å². The third kappa shape index (κ3) is 2.20. The number of anilines is 1. The zero-order valence-corrected chi connectivity index (χ0v) is 9.28. The van der Waals surface area contributed by atoms with Crippen LogP contribution in [0.2, 0.25) is 0 Å². The SMILES string of the molecule is CN(c1nccnc1CN)C(C)(C)C. The Morgan fingerprint density at radius 1 is 1.29 bits per heavy atom. The molecule has 1 heterocycles. The summed E-state index contributed by atoms with van der Waals surface area (Å²) in [6.45, 7) is 6.80. The molecule has 4 heteroatoms. The molecule has 0 aliphatic rings. The lowest BCUT2D eigenvalue weighted by molar-refractivity contribution is 0.530. The average Bonchev–Trinajstić information content (AvgIpc) is 2.15. The molecule has 0 spiro atoms. The van der Waals surface area contributed by atoms with Crippen LogP contribution in [0.3, 0.4) is 0 Å². The van der Waals surface area contributed by atoms with Crippen LogP contribution < -0.4 is 10.6 Å². The van der Waals surface area contributed by atoms with Crippen LogP contribution >= 0.6 is 0 Å². The third-order valence-electron chi connectivity index (χ3n) is 2.27. The molecule has 1 aromatic heterocycles.